The molecular weight excluding hydrogens is 222 g/mol. The SMILES string of the molecule is CCCCC(=O)CCC(NC(=O)NC)C(N)=O. The van der Waals surface area contributed by atoms with Gasteiger partial charge in [0.05, 0.1) is 0 Å². The van der Waals surface area contributed by atoms with Crippen molar-refractivity contribution in [1.82, 2.24) is 10.6 Å². The molecule has 6 heteroatoms. The number of primary amides is 1. The van der Waals surface area contributed by atoms with Crippen LogP contribution in [0, 0.1) is 0 Å². The summed E-state index contributed by atoms with van der Waals surface area (Å²) < 4.78 is 0. The molecule has 0 aromatic rings. The molecule has 0 aliphatic carbocycles. The predicted molar refractivity (Wildman–Crippen MR) is 64.3 cm³/mol. The van der Waals surface area contributed by atoms with Gasteiger partial charge in [-0.25, -0.2) is 4.79 Å². The Hall–Kier alpha value is -1.59. The highest BCUT2D eigenvalue weighted by Gasteiger charge is 2.18. The van der Waals surface area contributed by atoms with Gasteiger partial charge in [0, 0.05) is 19.9 Å². The Morgan fingerprint density at radius 3 is 2.35 bits per heavy atom. The van der Waals surface area contributed by atoms with Gasteiger partial charge in [-0.15, -0.1) is 0 Å². The molecule has 0 saturated heterocycles. The van der Waals surface area contributed by atoms with Gasteiger partial charge in [-0.05, 0) is 12.8 Å². The van der Waals surface area contributed by atoms with Crippen molar-refractivity contribution in [2.75, 3.05) is 7.05 Å². The Morgan fingerprint density at radius 1 is 1.24 bits per heavy atom. The highest BCUT2D eigenvalue weighted by atomic mass is 16.2. The molecule has 0 aliphatic heterocycles. The number of ketones is 1. The minimum atomic E-state index is -0.791. The highest BCUT2D eigenvalue weighted by Crippen LogP contribution is 2.04. The molecule has 0 saturated carbocycles. The number of nitrogens with two attached hydrogens (primary N) is 1. The number of hydrogen-bond donors (Lipinski definition) is 3. The van der Waals surface area contributed by atoms with E-state index in [1.807, 2.05) is 6.92 Å². The summed E-state index contributed by atoms with van der Waals surface area (Å²) >= 11 is 0. The van der Waals surface area contributed by atoms with Crippen LogP contribution in [0.25, 0.3) is 0 Å². The molecule has 6 nitrogen and oxygen atoms in total. The number of unbranched alkanes of at least 4 members (excludes halogenated alkanes) is 1. The second kappa shape index (κ2) is 8.55. The van der Waals surface area contributed by atoms with Gasteiger partial charge < -0.3 is 16.4 Å². The maximum Gasteiger partial charge on any atom is 0.315 e. The van der Waals surface area contributed by atoms with Crippen LogP contribution >= 0.6 is 0 Å². The molecule has 0 spiro atoms. The topological polar surface area (TPSA) is 101 Å². The predicted octanol–water partition coefficient (Wildman–Crippen LogP) is 0.309. The molecule has 0 aromatic carbocycles. The Labute approximate surface area is 101 Å². The van der Waals surface area contributed by atoms with Crippen LogP contribution in [0.5, 0.6) is 0 Å². The molecule has 0 rings (SSSR count). The quantitative estimate of drug-likeness (QED) is 0.571. The Bertz CT molecular complexity index is 279. The number of carbonyl (C=O) groups excluding carboxylic acids is 3. The molecule has 0 radical (unpaired) electrons. The molecule has 4 N–H and O–H groups in total. The standard InChI is InChI=1S/C11H21N3O3/c1-3-4-5-8(15)6-7-9(10(12)16)14-11(17)13-2/h9H,3-7H2,1-2H3,(H2,12,16)(H2,13,14,17). The first-order valence-corrected chi connectivity index (χ1v) is 5.80. The number of amides is 3. The molecule has 0 aliphatic rings. The van der Waals surface area contributed by atoms with Crippen LogP contribution in [0.2, 0.25) is 0 Å². The minimum absolute atomic E-state index is 0.0943. The fourth-order valence-corrected chi connectivity index (χ4v) is 1.32. The minimum Gasteiger partial charge on any atom is -0.368 e. The first-order chi connectivity index (χ1) is 8.01. The average molecular weight is 243 g/mol. The van der Waals surface area contributed by atoms with Crippen LogP contribution in [0.3, 0.4) is 0 Å². The maximum atomic E-state index is 11.4. The molecule has 3 amide bonds. The normalized spacial score (nSPS) is 11.6. The van der Waals surface area contributed by atoms with Crippen molar-refractivity contribution in [1.29, 1.82) is 0 Å². The summed E-state index contributed by atoms with van der Waals surface area (Å²) in [4.78, 5) is 33.5. The Balaban J connectivity index is 4.05. The van der Waals surface area contributed by atoms with E-state index in [1.165, 1.54) is 7.05 Å². The Morgan fingerprint density at radius 2 is 1.88 bits per heavy atom. The summed E-state index contributed by atoms with van der Waals surface area (Å²) in [6.45, 7) is 2.01. The lowest BCUT2D eigenvalue weighted by Crippen LogP contribution is -2.47. The number of carbonyl (C=O) groups is 3. The number of hydrogen-bond acceptors (Lipinski definition) is 3. The summed E-state index contributed by atoms with van der Waals surface area (Å²) in [5.41, 5.74) is 5.13. The third kappa shape index (κ3) is 7.32. The lowest BCUT2D eigenvalue weighted by Gasteiger charge is -2.14. The summed E-state index contributed by atoms with van der Waals surface area (Å²) in [5.74, 6) is -0.534. The van der Waals surface area contributed by atoms with Gasteiger partial charge in [-0.2, -0.15) is 0 Å². The fraction of sp³-hybridized carbons (Fsp3) is 0.727. The van der Waals surface area contributed by atoms with E-state index >= 15 is 0 Å². The van der Waals surface area contributed by atoms with Crippen molar-refractivity contribution in [3.63, 3.8) is 0 Å². The van der Waals surface area contributed by atoms with Crippen molar-refractivity contribution in [3.05, 3.63) is 0 Å². The van der Waals surface area contributed by atoms with Gasteiger partial charge in [-0.3, -0.25) is 9.59 Å². The van der Waals surface area contributed by atoms with Crippen LogP contribution in [-0.4, -0.2) is 30.8 Å². The molecule has 0 aromatic heterocycles. The van der Waals surface area contributed by atoms with E-state index in [9.17, 15) is 14.4 Å². The first-order valence-electron chi connectivity index (χ1n) is 5.80. The monoisotopic (exact) mass is 243 g/mol. The zero-order valence-corrected chi connectivity index (χ0v) is 10.4. The van der Waals surface area contributed by atoms with Crippen molar-refractivity contribution >= 4 is 17.7 Å². The van der Waals surface area contributed by atoms with Gasteiger partial charge in [0.25, 0.3) is 0 Å². The van der Waals surface area contributed by atoms with Crippen LogP contribution in [0.4, 0.5) is 4.79 Å². The fourth-order valence-electron chi connectivity index (χ4n) is 1.32. The van der Waals surface area contributed by atoms with Crippen molar-refractivity contribution < 1.29 is 14.4 Å². The number of rotatable bonds is 8. The summed E-state index contributed by atoms with van der Waals surface area (Å²) in [7, 11) is 1.44. The second-order valence-electron chi connectivity index (χ2n) is 3.86. The van der Waals surface area contributed by atoms with Crippen LogP contribution in [-0.2, 0) is 9.59 Å². The lowest BCUT2D eigenvalue weighted by molar-refractivity contribution is -0.121. The third-order valence-corrected chi connectivity index (χ3v) is 2.40. The second-order valence-corrected chi connectivity index (χ2v) is 3.86. The van der Waals surface area contributed by atoms with Crippen LogP contribution in [0.15, 0.2) is 0 Å². The van der Waals surface area contributed by atoms with E-state index < -0.39 is 18.0 Å². The molecule has 0 bridgehead atoms. The molecular formula is C11H21N3O3. The molecule has 17 heavy (non-hydrogen) atoms. The van der Waals surface area contributed by atoms with Crippen molar-refractivity contribution in [2.24, 2.45) is 5.73 Å². The molecule has 1 atom stereocenters. The van der Waals surface area contributed by atoms with Crippen molar-refractivity contribution in [2.45, 2.75) is 45.1 Å². The zero-order chi connectivity index (χ0) is 13.3. The van der Waals surface area contributed by atoms with Crippen molar-refractivity contribution in [3.8, 4) is 0 Å². The van der Waals surface area contributed by atoms with Gasteiger partial charge in [0.15, 0.2) is 0 Å². The number of nitrogens with one attached hydrogen (secondary N) is 2. The first kappa shape index (κ1) is 15.4. The van der Waals surface area contributed by atoms with Crippen LogP contribution in [0.1, 0.15) is 39.0 Å². The van der Waals surface area contributed by atoms with Crippen LogP contribution < -0.4 is 16.4 Å². The van der Waals surface area contributed by atoms with Gasteiger partial charge in [-0.1, -0.05) is 13.3 Å². The molecule has 1 unspecified atom stereocenters. The maximum absolute atomic E-state index is 11.4. The van der Waals surface area contributed by atoms with E-state index in [-0.39, 0.29) is 18.6 Å². The van der Waals surface area contributed by atoms with E-state index in [2.05, 4.69) is 10.6 Å². The van der Waals surface area contributed by atoms with E-state index in [0.717, 1.165) is 12.8 Å². The number of Topliss-reactive ketones (excluding diaryl/α,β-unsaturated/α-hetero) is 1. The summed E-state index contributed by atoms with van der Waals surface area (Å²) in [6, 6.07) is -1.27. The van der Waals surface area contributed by atoms with Gasteiger partial charge >= 0.3 is 6.03 Å². The third-order valence-electron chi connectivity index (χ3n) is 2.40. The Kier molecular flexibility index (Phi) is 7.75. The number of urea groups is 1. The summed E-state index contributed by atoms with van der Waals surface area (Å²) in [6.07, 6.45) is 2.84. The lowest BCUT2D eigenvalue weighted by atomic mass is 10.0. The molecule has 98 valence electrons. The summed E-state index contributed by atoms with van der Waals surface area (Å²) in [5, 5.41) is 4.73. The molecule has 0 heterocycles. The van der Waals surface area contributed by atoms with E-state index in [1.54, 1.807) is 0 Å². The highest BCUT2D eigenvalue weighted by molar-refractivity contribution is 5.86. The molecule has 0 fully saturated rings. The largest absolute Gasteiger partial charge is 0.368 e. The van der Waals surface area contributed by atoms with Gasteiger partial charge in [0.1, 0.15) is 11.8 Å². The zero-order valence-electron chi connectivity index (χ0n) is 10.4. The smallest absolute Gasteiger partial charge is 0.315 e. The van der Waals surface area contributed by atoms with Gasteiger partial charge in [0.2, 0.25) is 5.91 Å². The average Bonchev–Trinajstić information content (AvgIpc) is 2.30. The van der Waals surface area contributed by atoms with E-state index in [4.69, 9.17) is 5.73 Å². The van der Waals surface area contributed by atoms with E-state index in [0.29, 0.717) is 6.42 Å².